The van der Waals surface area contributed by atoms with Gasteiger partial charge in [-0.25, -0.2) is 0 Å². The molecule has 2 rings (SSSR count). The van der Waals surface area contributed by atoms with Gasteiger partial charge in [0.05, 0.1) is 0 Å². The van der Waals surface area contributed by atoms with Crippen LogP contribution in [-0.4, -0.2) is 0 Å². The second-order valence-corrected chi connectivity index (χ2v) is 5.14. The summed E-state index contributed by atoms with van der Waals surface area (Å²) in [5, 5.41) is 0. The average Bonchev–Trinajstić information content (AvgIpc) is 2.59. The standard InChI is InChI=1S/C12H22/c1-9-5-3-7-11(9)12-8-4-6-10(12)2/h9-12H,3-8H2,1-2H3/t9-,10-,11+,12+/m1/s1. The Hall–Kier alpha value is 0. The highest BCUT2D eigenvalue weighted by Crippen LogP contribution is 2.46. The molecule has 0 saturated heterocycles. The van der Waals surface area contributed by atoms with Crippen molar-refractivity contribution >= 4 is 0 Å². The minimum atomic E-state index is 1.04. The van der Waals surface area contributed by atoms with Crippen LogP contribution in [0.25, 0.3) is 0 Å². The minimum Gasteiger partial charge on any atom is -0.0622 e. The van der Waals surface area contributed by atoms with Crippen LogP contribution in [0.15, 0.2) is 0 Å². The molecule has 0 unspecified atom stereocenters. The van der Waals surface area contributed by atoms with Crippen LogP contribution in [0.1, 0.15) is 52.4 Å². The lowest BCUT2D eigenvalue weighted by molar-refractivity contribution is 0.230. The second kappa shape index (κ2) is 3.40. The first-order valence-electron chi connectivity index (χ1n) is 5.79. The zero-order valence-electron chi connectivity index (χ0n) is 8.55. The summed E-state index contributed by atoms with van der Waals surface area (Å²) in [7, 11) is 0. The maximum atomic E-state index is 2.47. The molecule has 0 aromatic heterocycles. The zero-order valence-corrected chi connectivity index (χ0v) is 8.55. The van der Waals surface area contributed by atoms with Crippen molar-refractivity contribution in [3.8, 4) is 0 Å². The second-order valence-electron chi connectivity index (χ2n) is 5.14. The van der Waals surface area contributed by atoms with Gasteiger partial charge in [0, 0.05) is 0 Å². The maximum Gasteiger partial charge on any atom is -0.0358 e. The largest absolute Gasteiger partial charge is 0.0622 e. The van der Waals surface area contributed by atoms with Gasteiger partial charge in [-0.3, -0.25) is 0 Å². The Labute approximate surface area is 76.7 Å². The Bertz CT molecular complexity index is 132. The van der Waals surface area contributed by atoms with E-state index in [1.807, 2.05) is 0 Å². The van der Waals surface area contributed by atoms with Crippen molar-refractivity contribution in [1.29, 1.82) is 0 Å². The molecule has 2 fully saturated rings. The van der Waals surface area contributed by atoms with Crippen molar-refractivity contribution in [1.82, 2.24) is 0 Å². The molecular weight excluding hydrogens is 144 g/mol. The highest BCUT2D eigenvalue weighted by atomic mass is 14.4. The van der Waals surface area contributed by atoms with Crippen molar-refractivity contribution in [2.75, 3.05) is 0 Å². The van der Waals surface area contributed by atoms with E-state index in [1.54, 1.807) is 0 Å². The average molecular weight is 166 g/mol. The molecule has 2 saturated carbocycles. The number of rotatable bonds is 1. The van der Waals surface area contributed by atoms with Crippen molar-refractivity contribution in [3.63, 3.8) is 0 Å². The first-order valence-corrected chi connectivity index (χ1v) is 5.79. The topological polar surface area (TPSA) is 0 Å². The molecule has 0 heterocycles. The zero-order chi connectivity index (χ0) is 8.55. The fraction of sp³-hybridized carbons (Fsp3) is 1.00. The highest BCUT2D eigenvalue weighted by molar-refractivity contribution is 4.86. The molecule has 0 spiro atoms. The molecule has 0 nitrogen and oxygen atoms in total. The van der Waals surface area contributed by atoms with Gasteiger partial charge in [0.1, 0.15) is 0 Å². The highest BCUT2D eigenvalue weighted by Gasteiger charge is 2.35. The smallest absolute Gasteiger partial charge is 0.0358 e. The fourth-order valence-electron chi connectivity index (χ4n) is 3.62. The van der Waals surface area contributed by atoms with Crippen LogP contribution in [0.5, 0.6) is 0 Å². The summed E-state index contributed by atoms with van der Waals surface area (Å²) in [6.07, 6.45) is 9.11. The van der Waals surface area contributed by atoms with Gasteiger partial charge in [0.2, 0.25) is 0 Å². The van der Waals surface area contributed by atoms with E-state index in [-0.39, 0.29) is 0 Å². The quantitative estimate of drug-likeness (QED) is 0.555. The summed E-state index contributed by atoms with van der Waals surface area (Å²) in [6, 6.07) is 0. The predicted octanol–water partition coefficient (Wildman–Crippen LogP) is 3.86. The molecular formula is C12H22. The van der Waals surface area contributed by atoms with Crippen LogP contribution in [-0.2, 0) is 0 Å². The van der Waals surface area contributed by atoms with Gasteiger partial charge in [-0.1, -0.05) is 39.5 Å². The van der Waals surface area contributed by atoms with E-state index in [0.717, 1.165) is 23.7 Å². The summed E-state index contributed by atoms with van der Waals surface area (Å²) < 4.78 is 0. The fourth-order valence-corrected chi connectivity index (χ4v) is 3.62. The van der Waals surface area contributed by atoms with Crippen LogP contribution in [0.3, 0.4) is 0 Å². The Balaban J connectivity index is 1.98. The lowest BCUT2D eigenvalue weighted by atomic mass is 9.79. The van der Waals surface area contributed by atoms with Gasteiger partial charge >= 0.3 is 0 Å². The first kappa shape index (κ1) is 8.59. The van der Waals surface area contributed by atoms with E-state index in [2.05, 4.69) is 13.8 Å². The predicted molar refractivity (Wildman–Crippen MR) is 53.0 cm³/mol. The molecule has 0 aliphatic heterocycles. The molecule has 2 aliphatic carbocycles. The van der Waals surface area contributed by atoms with Crippen LogP contribution >= 0.6 is 0 Å². The summed E-state index contributed by atoms with van der Waals surface area (Å²) in [6.45, 7) is 4.95. The number of hydrogen-bond donors (Lipinski definition) is 0. The van der Waals surface area contributed by atoms with Crippen LogP contribution in [0.4, 0.5) is 0 Å². The van der Waals surface area contributed by atoms with E-state index in [4.69, 9.17) is 0 Å². The first-order chi connectivity index (χ1) is 5.79. The van der Waals surface area contributed by atoms with Crippen molar-refractivity contribution < 1.29 is 0 Å². The number of hydrogen-bond acceptors (Lipinski definition) is 0. The van der Waals surface area contributed by atoms with Gasteiger partial charge in [0.25, 0.3) is 0 Å². The molecule has 0 N–H and O–H groups in total. The monoisotopic (exact) mass is 166 g/mol. The summed E-state index contributed by atoms with van der Waals surface area (Å²) in [5.41, 5.74) is 0. The van der Waals surface area contributed by atoms with E-state index in [9.17, 15) is 0 Å². The van der Waals surface area contributed by atoms with Gasteiger partial charge in [-0.15, -0.1) is 0 Å². The summed E-state index contributed by atoms with van der Waals surface area (Å²) in [4.78, 5) is 0. The molecule has 0 aromatic rings. The van der Waals surface area contributed by atoms with Gasteiger partial charge in [-0.05, 0) is 36.5 Å². The summed E-state index contributed by atoms with van der Waals surface area (Å²) in [5.74, 6) is 4.27. The molecule has 2 aliphatic rings. The molecule has 0 radical (unpaired) electrons. The van der Waals surface area contributed by atoms with E-state index >= 15 is 0 Å². The third-order valence-corrected chi connectivity index (χ3v) is 4.41. The molecule has 4 atom stereocenters. The van der Waals surface area contributed by atoms with Gasteiger partial charge in [-0.2, -0.15) is 0 Å². The van der Waals surface area contributed by atoms with Crippen LogP contribution in [0.2, 0.25) is 0 Å². The van der Waals surface area contributed by atoms with Crippen LogP contribution < -0.4 is 0 Å². The molecule has 0 amide bonds. The van der Waals surface area contributed by atoms with E-state index in [0.29, 0.717) is 0 Å². The SMILES string of the molecule is C[C@@H]1CCC[C@@H]1[C@H]1CCC[C@H]1C. The summed E-state index contributed by atoms with van der Waals surface area (Å²) >= 11 is 0. The van der Waals surface area contributed by atoms with Gasteiger partial charge < -0.3 is 0 Å². The lowest BCUT2D eigenvalue weighted by Gasteiger charge is -2.26. The van der Waals surface area contributed by atoms with E-state index < -0.39 is 0 Å². The Kier molecular flexibility index (Phi) is 2.43. The molecule has 0 heteroatoms. The lowest BCUT2D eigenvalue weighted by Crippen LogP contribution is -2.19. The normalized spacial score (nSPS) is 48.5. The van der Waals surface area contributed by atoms with E-state index in [1.165, 1.54) is 38.5 Å². The van der Waals surface area contributed by atoms with Crippen LogP contribution in [0, 0.1) is 23.7 Å². The molecule has 0 aromatic carbocycles. The van der Waals surface area contributed by atoms with Crippen molar-refractivity contribution in [2.24, 2.45) is 23.7 Å². The Morgan fingerprint density at radius 2 is 1.08 bits per heavy atom. The van der Waals surface area contributed by atoms with Crippen molar-refractivity contribution in [2.45, 2.75) is 52.4 Å². The Morgan fingerprint density at radius 3 is 1.33 bits per heavy atom. The van der Waals surface area contributed by atoms with Gasteiger partial charge in [0.15, 0.2) is 0 Å². The minimum absolute atomic E-state index is 1.04. The maximum absolute atomic E-state index is 2.47. The third-order valence-electron chi connectivity index (χ3n) is 4.41. The van der Waals surface area contributed by atoms with Crippen molar-refractivity contribution in [3.05, 3.63) is 0 Å². The molecule has 70 valence electrons. The molecule has 0 bridgehead atoms. The molecule has 12 heavy (non-hydrogen) atoms. The Morgan fingerprint density at radius 1 is 0.667 bits per heavy atom. The third kappa shape index (κ3) is 1.41.